The van der Waals surface area contributed by atoms with Crippen molar-refractivity contribution in [2.45, 2.75) is 26.3 Å². The first-order valence-electron chi connectivity index (χ1n) is 8.19. The Balaban J connectivity index is 1.93. The summed E-state index contributed by atoms with van der Waals surface area (Å²) in [5.74, 6) is -0.0141. The number of hydrogen-bond donors (Lipinski definition) is 2. The number of nitrogens with one attached hydrogen (secondary N) is 2. The summed E-state index contributed by atoms with van der Waals surface area (Å²) >= 11 is 5.34. The third-order valence-electron chi connectivity index (χ3n) is 3.92. The fourth-order valence-electron chi connectivity index (χ4n) is 2.72. The van der Waals surface area contributed by atoms with Gasteiger partial charge in [-0.2, -0.15) is 0 Å². The fraction of sp³-hybridized carbons (Fsp3) is 0.211. The minimum Gasteiger partial charge on any atom is -0.332 e. The Bertz CT molecular complexity index is 1040. The Morgan fingerprint density at radius 3 is 2.80 bits per heavy atom. The van der Waals surface area contributed by atoms with Crippen molar-refractivity contribution in [3.63, 3.8) is 0 Å². The number of amides is 1. The fourth-order valence-corrected chi connectivity index (χ4v) is 2.98. The first-order chi connectivity index (χ1) is 12.1. The molecule has 0 spiro atoms. The molecule has 25 heavy (non-hydrogen) atoms. The SMILES string of the molecule is CCCC(=O)Nc1cccc(Cn2c(=S)[nH]c3ccccc3c2=O)c1. The molecular formula is C19H19N3O2S. The molecule has 0 atom stereocenters. The molecule has 1 amide bonds. The molecule has 0 bridgehead atoms. The van der Waals surface area contributed by atoms with E-state index in [4.69, 9.17) is 12.2 Å². The molecule has 5 nitrogen and oxygen atoms in total. The number of anilines is 1. The van der Waals surface area contributed by atoms with Gasteiger partial charge in [0.1, 0.15) is 0 Å². The van der Waals surface area contributed by atoms with Crippen molar-refractivity contribution in [3.05, 3.63) is 69.2 Å². The van der Waals surface area contributed by atoms with Crippen molar-refractivity contribution < 1.29 is 4.79 Å². The number of fused-ring (bicyclic) bond motifs is 1. The molecule has 2 N–H and O–H groups in total. The van der Waals surface area contributed by atoms with E-state index in [-0.39, 0.29) is 11.5 Å². The molecule has 0 unspecified atom stereocenters. The van der Waals surface area contributed by atoms with Gasteiger partial charge in [0, 0.05) is 12.1 Å². The molecule has 0 fully saturated rings. The van der Waals surface area contributed by atoms with Gasteiger partial charge < -0.3 is 10.3 Å². The van der Waals surface area contributed by atoms with Crippen molar-refractivity contribution in [3.8, 4) is 0 Å². The normalized spacial score (nSPS) is 10.8. The van der Waals surface area contributed by atoms with Gasteiger partial charge in [0.2, 0.25) is 5.91 Å². The molecule has 3 aromatic rings. The Kier molecular flexibility index (Phi) is 5.09. The van der Waals surface area contributed by atoms with Crippen LogP contribution in [0.25, 0.3) is 10.9 Å². The maximum Gasteiger partial charge on any atom is 0.262 e. The van der Waals surface area contributed by atoms with Crippen LogP contribution in [0, 0.1) is 4.77 Å². The number of nitrogens with zero attached hydrogens (tertiary/aromatic N) is 1. The van der Waals surface area contributed by atoms with Gasteiger partial charge in [0.15, 0.2) is 4.77 Å². The van der Waals surface area contributed by atoms with E-state index in [0.717, 1.165) is 23.2 Å². The summed E-state index contributed by atoms with van der Waals surface area (Å²) in [7, 11) is 0. The maximum absolute atomic E-state index is 12.7. The number of aromatic nitrogens is 2. The van der Waals surface area contributed by atoms with E-state index in [9.17, 15) is 9.59 Å². The highest BCUT2D eigenvalue weighted by atomic mass is 32.1. The second-order valence-corrected chi connectivity index (χ2v) is 6.25. The summed E-state index contributed by atoms with van der Waals surface area (Å²) in [5, 5.41) is 3.47. The molecule has 0 saturated heterocycles. The Morgan fingerprint density at radius 1 is 1.20 bits per heavy atom. The van der Waals surface area contributed by atoms with Crippen LogP contribution in [0.4, 0.5) is 5.69 Å². The largest absolute Gasteiger partial charge is 0.332 e. The van der Waals surface area contributed by atoms with Crippen LogP contribution in [0.3, 0.4) is 0 Å². The number of hydrogen-bond acceptors (Lipinski definition) is 3. The van der Waals surface area contributed by atoms with E-state index in [1.807, 2.05) is 49.4 Å². The van der Waals surface area contributed by atoms with Crippen LogP contribution in [0.2, 0.25) is 0 Å². The summed E-state index contributed by atoms with van der Waals surface area (Å²) in [4.78, 5) is 27.5. The van der Waals surface area contributed by atoms with E-state index in [1.165, 1.54) is 4.57 Å². The average molecular weight is 353 g/mol. The smallest absolute Gasteiger partial charge is 0.262 e. The number of aromatic amines is 1. The number of benzene rings is 2. The summed E-state index contributed by atoms with van der Waals surface area (Å²) in [6.07, 6.45) is 1.28. The van der Waals surface area contributed by atoms with Crippen LogP contribution in [0.5, 0.6) is 0 Å². The van der Waals surface area contributed by atoms with Crippen molar-refractivity contribution in [2.75, 3.05) is 5.32 Å². The zero-order valence-electron chi connectivity index (χ0n) is 13.9. The zero-order chi connectivity index (χ0) is 17.8. The van der Waals surface area contributed by atoms with Crippen LogP contribution < -0.4 is 10.9 Å². The second-order valence-electron chi connectivity index (χ2n) is 5.87. The molecule has 0 aliphatic heterocycles. The number of carbonyl (C=O) groups is 1. The molecule has 0 radical (unpaired) electrons. The van der Waals surface area contributed by atoms with Crippen molar-refractivity contribution in [1.82, 2.24) is 9.55 Å². The Morgan fingerprint density at radius 2 is 2.00 bits per heavy atom. The number of H-pyrrole nitrogens is 1. The monoisotopic (exact) mass is 353 g/mol. The van der Waals surface area contributed by atoms with Gasteiger partial charge in [-0.25, -0.2) is 0 Å². The summed E-state index contributed by atoms with van der Waals surface area (Å²) < 4.78 is 1.91. The lowest BCUT2D eigenvalue weighted by atomic mass is 10.2. The molecule has 3 rings (SSSR count). The first-order valence-corrected chi connectivity index (χ1v) is 8.60. The number of para-hydroxylation sites is 1. The van der Waals surface area contributed by atoms with Gasteiger partial charge >= 0.3 is 0 Å². The summed E-state index contributed by atoms with van der Waals surface area (Å²) in [6, 6.07) is 14.8. The van der Waals surface area contributed by atoms with Gasteiger partial charge in [0.05, 0.1) is 17.4 Å². The van der Waals surface area contributed by atoms with Crippen molar-refractivity contribution in [2.24, 2.45) is 0 Å². The van der Waals surface area contributed by atoms with Crippen LogP contribution in [-0.4, -0.2) is 15.5 Å². The highest BCUT2D eigenvalue weighted by Crippen LogP contribution is 2.13. The van der Waals surface area contributed by atoms with Gasteiger partial charge in [-0.1, -0.05) is 31.2 Å². The summed E-state index contributed by atoms with van der Waals surface area (Å²) in [5.41, 5.74) is 2.22. The molecule has 6 heteroatoms. The van der Waals surface area contributed by atoms with Crippen molar-refractivity contribution in [1.29, 1.82) is 0 Å². The minimum absolute atomic E-state index is 0.0141. The lowest BCUT2D eigenvalue weighted by molar-refractivity contribution is -0.116. The molecule has 0 aliphatic carbocycles. The van der Waals surface area contributed by atoms with Gasteiger partial charge in [0.25, 0.3) is 5.56 Å². The molecular weight excluding hydrogens is 334 g/mol. The molecule has 0 saturated carbocycles. The predicted molar refractivity (Wildman–Crippen MR) is 102 cm³/mol. The highest BCUT2D eigenvalue weighted by Gasteiger charge is 2.07. The first kappa shape index (κ1) is 17.1. The van der Waals surface area contributed by atoms with Crippen LogP contribution in [-0.2, 0) is 11.3 Å². The van der Waals surface area contributed by atoms with E-state index in [0.29, 0.717) is 23.1 Å². The van der Waals surface area contributed by atoms with E-state index >= 15 is 0 Å². The van der Waals surface area contributed by atoms with Gasteiger partial charge in [-0.15, -0.1) is 0 Å². The van der Waals surface area contributed by atoms with Gasteiger partial charge in [-0.05, 0) is 48.5 Å². The molecule has 0 aliphatic rings. The number of rotatable bonds is 5. The van der Waals surface area contributed by atoms with E-state index < -0.39 is 0 Å². The predicted octanol–water partition coefficient (Wildman–Crippen LogP) is 3.85. The number of carbonyl (C=O) groups excluding carboxylic acids is 1. The van der Waals surface area contributed by atoms with Crippen LogP contribution in [0.1, 0.15) is 25.3 Å². The minimum atomic E-state index is -0.125. The van der Waals surface area contributed by atoms with E-state index in [2.05, 4.69) is 10.3 Å². The third kappa shape index (κ3) is 3.85. The molecule has 1 aromatic heterocycles. The zero-order valence-corrected chi connectivity index (χ0v) is 14.7. The van der Waals surface area contributed by atoms with Crippen LogP contribution >= 0.6 is 12.2 Å². The topological polar surface area (TPSA) is 66.9 Å². The lowest BCUT2D eigenvalue weighted by Gasteiger charge is -2.10. The Labute approximate surface area is 150 Å². The lowest BCUT2D eigenvalue weighted by Crippen LogP contribution is -2.22. The van der Waals surface area contributed by atoms with E-state index in [1.54, 1.807) is 6.07 Å². The van der Waals surface area contributed by atoms with Crippen molar-refractivity contribution >= 4 is 34.7 Å². The molecule has 1 heterocycles. The van der Waals surface area contributed by atoms with Crippen LogP contribution in [0.15, 0.2) is 53.3 Å². The second kappa shape index (κ2) is 7.44. The standard InChI is InChI=1S/C19H19N3O2S/c1-2-6-17(23)20-14-8-5-7-13(11-14)12-22-18(24)15-9-3-4-10-16(15)21-19(22)25/h3-5,7-11H,2,6,12H2,1H3,(H,20,23)(H,21,25). The average Bonchev–Trinajstić information content (AvgIpc) is 2.59. The Hall–Kier alpha value is -2.73. The molecule has 128 valence electrons. The third-order valence-corrected chi connectivity index (χ3v) is 4.24. The molecule has 2 aromatic carbocycles. The van der Waals surface area contributed by atoms with Gasteiger partial charge in [-0.3, -0.25) is 14.2 Å². The summed E-state index contributed by atoms with van der Waals surface area (Å²) in [6.45, 7) is 2.31. The quantitative estimate of drug-likeness (QED) is 0.685. The maximum atomic E-state index is 12.7. The highest BCUT2D eigenvalue weighted by molar-refractivity contribution is 7.71.